The zero-order valence-electron chi connectivity index (χ0n) is 16.2. The van der Waals surface area contributed by atoms with E-state index in [0.29, 0.717) is 0 Å². The summed E-state index contributed by atoms with van der Waals surface area (Å²) in [5, 5.41) is 0. The van der Waals surface area contributed by atoms with Crippen molar-refractivity contribution < 1.29 is 18.9 Å². The van der Waals surface area contributed by atoms with Crippen LogP contribution in [-0.2, 0) is 9.47 Å². The van der Waals surface area contributed by atoms with Gasteiger partial charge in [0.1, 0.15) is 11.5 Å². The highest BCUT2D eigenvalue weighted by Crippen LogP contribution is 2.57. The number of ether oxygens (including phenoxy) is 4. The molecule has 1 aromatic carbocycles. The predicted molar refractivity (Wildman–Crippen MR) is 94.0 cm³/mol. The molecule has 2 aliphatic rings. The molecule has 3 rings (SSSR count). The summed E-state index contributed by atoms with van der Waals surface area (Å²) in [5.74, 6) is 1.76. The molecule has 0 aliphatic carbocycles. The van der Waals surface area contributed by atoms with Crippen molar-refractivity contribution in [3.05, 3.63) is 22.3 Å². The molecule has 0 N–H and O–H groups in total. The third kappa shape index (κ3) is 2.34. The summed E-state index contributed by atoms with van der Waals surface area (Å²) in [5.41, 5.74) is 4.69. The first-order valence-electron chi connectivity index (χ1n) is 8.64. The molecule has 2 heterocycles. The van der Waals surface area contributed by atoms with Crippen molar-refractivity contribution in [2.24, 2.45) is 10.8 Å². The van der Waals surface area contributed by atoms with Gasteiger partial charge in [0.25, 0.3) is 0 Å². The summed E-state index contributed by atoms with van der Waals surface area (Å²) in [6, 6.07) is 0. The molecule has 4 heteroatoms. The van der Waals surface area contributed by atoms with Crippen LogP contribution in [-0.4, -0.2) is 27.4 Å². The van der Waals surface area contributed by atoms with Crippen LogP contribution in [0.5, 0.6) is 11.5 Å². The molecule has 1 aromatic rings. The van der Waals surface area contributed by atoms with E-state index >= 15 is 0 Å². The fourth-order valence-corrected chi connectivity index (χ4v) is 4.10. The van der Waals surface area contributed by atoms with E-state index in [4.69, 9.17) is 18.9 Å². The first kappa shape index (κ1) is 17.6. The standard InChI is InChI=1S/C20H30O4/c1-11-13(17-19(3,4)9-23-17)15(21-7)12(2)16(22-8)14(11)18-20(5,6)10-24-18/h17-18H,9-10H2,1-8H3. The van der Waals surface area contributed by atoms with Crippen LogP contribution >= 0.6 is 0 Å². The lowest BCUT2D eigenvalue weighted by molar-refractivity contribution is -0.176. The maximum atomic E-state index is 5.96. The van der Waals surface area contributed by atoms with E-state index in [9.17, 15) is 0 Å². The molecule has 0 amide bonds. The van der Waals surface area contributed by atoms with Gasteiger partial charge in [0, 0.05) is 27.5 Å². The van der Waals surface area contributed by atoms with Crippen LogP contribution in [0.1, 0.15) is 62.2 Å². The Kier molecular flexibility index (Phi) is 4.12. The summed E-state index contributed by atoms with van der Waals surface area (Å²) in [7, 11) is 3.44. The first-order chi connectivity index (χ1) is 11.2. The van der Waals surface area contributed by atoms with Crippen molar-refractivity contribution >= 4 is 0 Å². The lowest BCUT2D eigenvalue weighted by atomic mass is 9.72. The van der Waals surface area contributed by atoms with Crippen LogP contribution in [0, 0.1) is 24.7 Å². The van der Waals surface area contributed by atoms with E-state index in [1.807, 2.05) is 0 Å². The third-order valence-corrected chi connectivity index (χ3v) is 5.57. The SMILES string of the molecule is COc1c(C)c(OC)c(C2OCC2(C)C)c(C)c1C1OCC1(C)C. The Morgan fingerprint density at radius 1 is 0.750 bits per heavy atom. The van der Waals surface area contributed by atoms with Gasteiger partial charge >= 0.3 is 0 Å². The lowest BCUT2D eigenvalue weighted by Crippen LogP contribution is -2.43. The van der Waals surface area contributed by atoms with Crippen molar-refractivity contribution in [3.8, 4) is 11.5 Å². The maximum absolute atomic E-state index is 5.96. The van der Waals surface area contributed by atoms with Gasteiger partial charge in [-0.2, -0.15) is 0 Å². The van der Waals surface area contributed by atoms with Crippen molar-refractivity contribution in [2.75, 3.05) is 27.4 Å². The molecule has 2 saturated heterocycles. The van der Waals surface area contributed by atoms with Gasteiger partial charge < -0.3 is 18.9 Å². The molecule has 2 unspecified atom stereocenters. The van der Waals surface area contributed by atoms with Gasteiger partial charge in [-0.3, -0.25) is 0 Å². The molecule has 24 heavy (non-hydrogen) atoms. The number of hydrogen-bond acceptors (Lipinski definition) is 4. The second-order valence-electron chi connectivity index (χ2n) is 8.50. The minimum absolute atomic E-state index is 0.0407. The molecule has 0 radical (unpaired) electrons. The number of hydrogen-bond donors (Lipinski definition) is 0. The second-order valence-corrected chi connectivity index (χ2v) is 8.50. The molecule has 0 saturated carbocycles. The molecular weight excluding hydrogens is 304 g/mol. The molecule has 134 valence electrons. The molecule has 2 atom stereocenters. The van der Waals surface area contributed by atoms with Gasteiger partial charge in [-0.1, -0.05) is 27.7 Å². The summed E-state index contributed by atoms with van der Waals surface area (Å²) in [6.07, 6.45) is 0.0815. The lowest BCUT2D eigenvalue weighted by Gasteiger charge is -2.48. The van der Waals surface area contributed by atoms with Crippen molar-refractivity contribution in [2.45, 2.75) is 53.8 Å². The summed E-state index contributed by atoms with van der Waals surface area (Å²) >= 11 is 0. The highest BCUT2D eigenvalue weighted by Gasteiger charge is 2.48. The fourth-order valence-electron chi connectivity index (χ4n) is 4.10. The van der Waals surface area contributed by atoms with Gasteiger partial charge in [0.15, 0.2) is 0 Å². The molecule has 4 nitrogen and oxygen atoms in total. The smallest absolute Gasteiger partial charge is 0.131 e. The van der Waals surface area contributed by atoms with Crippen molar-refractivity contribution in [1.29, 1.82) is 0 Å². The van der Waals surface area contributed by atoms with Crippen LogP contribution in [0.3, 0.4) is 0 Å². The Bertz CT molecular complexity index is 607. The van der Waals surface area contributed by atoms with Gasteiger partial charge in [0.05, 0.1) is 39.6 Å². The zero-order valence-corrected chi connectivity index (χ0v) is 16.2. The van der Waals surface area contributed by atoms with Crippen LogP contribution in [0.2, 0.25) is 0 Å². The first-order valence-corrected chi connectivity index (χ1v) is 8.64. The van der Waals surface area contributed by atoms with Crippen molar-refractivity contribution in [3.63, 3.8) is 0 Å². The van der Waals surface area contributed by atoms with Crippen LogP contribution < -0.4 is 9.47 Å². The average Bonchev–Trinajstić information content (AvgIpc) is 2.50. The van der Waals surface area contributed by atoms with Gasteiger partial charge in [-0.15, -0.1) is 0 Å². The van der Waals surface area contributed by atoms with Gasteiger partial charge in [-0.25, -0.2) is 0 Å². The van der Waals surface area contributed by atoms with E-state index in [0.717, 1.165) is 41.4 Å². The maximum Gasteiger partial charge on any atom is 0.131 e. The predicted octanol–water partition coefficient (Wildman–Crippen LogP) is 4.52. The van der Waals surface area contributed by atoms with Gasteiger partial charge in [-0.05, 0) is 19.4 Å². The molecule has 0 aromatic heterocycles. The van der Waals surface area contributed by atoms with Crippen molar-refractivity contribution in [1.82, 2.24) is 0 Å². The second kappa shape index (κ2) is 5.63. The number of rotatable bonds is 4. The highest BCUT2D eigenvalue weighted by atomic mass is 16.5. The Balaban J connectivity index is 2.24. The number of methoxy groups -OCH3 is 2. The van der Waals surface area contributed by atoms with E-state index in [2.05, 4.69) is 41.5 Å². The summed E-state index contributed by atoms with van der Waals surface area (Å²) in [4.78, 5) is 0. The van der Waals surface area contributed by atoms with E-state index in [-0.39, 0.29) is 23.0 Å². The third-order valence-electron chi connectivity index (χ3n) is 5.57. The monoisotopic (exact) mass is 334 g/mol. The van der Waals surface area contributed by atoms with Gasteiger partial charge in [0.2, 0.25) is 0 Å². The fraction of sp³-hybridized carbons (Fsp3) is 0.700. The van der Waals surface area contributed by atoms with Crippen LogP contribution in [0.4, 0.5) is 0 Å². The Morgan fingerprint density at radius 3 is 1.33 bits per heavy atom. The Labute approximate surface area is 145 Å². The minimum atomic E-state index is 0.0407. The number of benzene rings is 1. The quantitative estimate of drug-likeness (QED) is 0.811. The van der Waals surface area contributed by atoms with E-state index in [1.54, 1.807) is 14.2 Å². The normalized spacial score (nSPS) is 27.2. The molecule has 0 spiro atoms. The summed E-state index contributed by atoms with van der Waals surface area (Å²) < 4.78 is 23.5. The summed E-state index contributed by atoms with van der Waals surface area (Å²) in [6.45, 7) is 14.7. The highest BCUT2D eigenvalue weighted by molar-refractivity contribution is 5.61. The topological polar surface area (TPSA) is 36.9 Å². The average molecular weight is 334 g/mol. The zero-order chi connectivity index (χ0) is 17.9. The molecule has 0 bridgehead atoms. The Morgan fingerprint density at radius 2 is 1.12 bits per heavy atom. The van der Waals surface area contributed by atoms with E-state index in [1.165, 1.54) is 5.56 Å². The molecular formula is C20H30O4. The largest absolute Gasteiger partial charge is 0.496 e. The van der Waals surface area contributed by atoms with Crippen LogP contribution in [0.15, 0.2) is 0 Å². The molecule has 2 fully saturated rings. The Hall–Kier alpha value is -1.26. The van der Waals surface area contributed by atoms with Crippen LogP contribution in [0.25, 0.3) is 0 Å². The molecule has 2 aliphatic heterocycles. The van der Waals surface area contributed by atoms with E-state index < -0.39 is 0 Å². The minimum Gasteiger partial charge on any atom is -0.496 e.